The number of nitrogens with one attached hydrogen (secondary N) is 2. The monoisotopic (exact) mass is 366 g/mol. The number of amides is 3. The van der Waals surface area contributed by atoms with Crippen molar-refractivity contribution in [1.82, 2.24) is 15.5 Å². The van der Waals surface area contributed by atoms with E-state index in [9.17, 15) is 14.9 Å². The lowest BCUT2D eigenvalue weighted by Gasteiger charge is -2.34. The number of nitrogens with zero attached hydrogens (tertiary/aromatic N) is 2. The zero-order chi connectivity index (χ0) is 19.2. The zero-order valence-corrected chi connectivity index (χ0v) is 16.1. The minimum atomic E-state index is -0.828. The molecule has 8 nitrogen and oxygen atoms in total. The third-order valence-electron chi connectivity index (χ3n) is 4.86. The summed E-state index contributed by atoms with van der Waals surface area (Å²) in [6.45, 7) is 9.80. The molecule has 0 saturated carbocycles. The molecule has 0 aliphatic carbocycles. The van der Waals surface area contributed by atoms with E-state index < -0.39 is 11.6 Å². The number of nitrogens with two attached hydrogens (primary N) is 1. The highest BCUT2D eigenvalue weighted by atomic mass is 16.5. The molecular weight excluding hydrogens is 334 g/mol. The van der Waals surface area contributed by atoms with Gasteiger partial charge < -0.3 is 25.6 Å². The number of hydrogen-bond donors (Lipinski definition) is 3. The molecule has 0 spiro atoms. The molecule has 2 heterocycles. The van der Waals surface area contributed by atoms with Gasteiger partial charge in [-0.15, -0.1) is 0 Å². The van der Waals surface area contributed by atoms with Gasteiger partial charge in [-0.05, 0) is 11.8 Å². The van der Waals surface area contributed by atoms with E-state index in [1.807, 2.05) is 20.8 Å². The Morgan fingerprint density at radius 2 is 1.88 bits per heavy atom. The fourth-order valence-corrected chi connectivity index (χ4v) is 3.38. The van der Waals surface area contributed by atoms with Crippen LogP contribution in [0.3, 0.4) is 0 Å². The van der Waals surface area contributed by atoms with Gasteiger partial charge in [0, 0.05) is 25.9 Å². The van der Waals surface area contributed by atoms with Crippen molar-refractivity contribution in [1.29, 1.82) is 5.26 Å². The number of nitriles is 1. The van der Waals surface area contributed by atoms with Gasteiger partial charge in [0.05, 0.1) is 32.4 Å². The lowest BCUT2D eigenvalue weighted by atomic mass is 9.86. The Morgan fingerprint density at radius 1 is 1.27 bits per heavy atom. The molecule has 26 heavy (non-hydrogen) atoms. The van der Waals surface area contributed by atoms with Crippen LogP contribution in [0.4, 0.5) is 4.79 Å². The molecule has 3 amide bonds. The highest BCUT2D eigenvalue weighted by Gasteiger charge is 2.38. The quantitative estimate of drug-likeness (QED) is 0.627. The van der Waals surface area contributed by atoms with Crippen LogP contribution < -0.4 is 16.0 Å². The van der Waals surface area contributed by atoms with Crippen LogP contribution >= 0.6 is 0 Å². The Balaban J connectivity index is 2.06. The molecular formula is C18H32N5O3+. The first kappa shape index (κ1) is 20.5. The highest BCUT2D eigenvalue weighted by Crippen LogP contribution is 2.22. The third kappa shape index (κ3) is 5.85. The number of urea groups is 1. The van der Waals surface area contributed by atoms with Crippen molar-refractivity contribution >= 4 is 11.9 Å². The molecule has 8 heteroatoms. The van der Waals surface area contributed by atoms with Crippen LogP contribution in [0.15, 0.2) is 0 Å². The van der Waals surface area contributed by atoms with E-state index >= 15 is 0 Å². The van der Waals surface area contributed by atoms with Crippen LogP contribution in [0.25, 0.3) is 0 Å². The van der Waals surface area contributed by atoms with E-state index in [-0.39, 0.29) is 17.4 Å². The zero-order valence-electron chi connectivity index (χ0n) is 16.1. The largest absolute Gasteiger partial charge is 0.378 e. The van der Waals surface area contributed by atoms with Crippen LogP contribution in [0.1, 0.15) is 40.0 Å². The second-order valence-corrected chi connectivity index (χ2v) is 8.42. The van der Waals surface area contributed by atoms with Gasteiger partial charge in [-0.3, -0.25) is 4.79 Å². The number of carbonyl (C=O) groups excluding carboxylic acids is 2. The van der Waals surface area contributed by atoms with Crippen molar-refractivity contribution in [2.24, 2.45) is 5.41 Å². The number of rotatable bonds is 4. The number of hydrogen-bond acceptors (Lipinski definition) is 4. The van der Waals surface area contributed by atoms with Crippen molar-refractivity contribution in [3.63, 3.8) is 0 Å². The van der Waals surface area contributed by atoms with Crippen LogP contribution in [0.5, 0.6) is 0 Å². The molecule has 146 valence electrons. The molecule has 2 saturated heterocycles. The minimum absolute atomic E-state index is 0.138. The van der Waals surface area contributed by atoms with E-state index in [0.717, 1.165) is 13.1 Å². The summed E-state index contributed by atoms with van der Waals surface area (Å²) in [5.74, 6) is -0.273. The summed E-state index contributed by atoms with van der Waals surface area (Å²) in [6.07, 6.45) is 1.74. The molecule has 0 unspecified atom stereocenters. The summed E-state index contributed by atoms with van der Waals surface area (Å²) in [6, 6.07) is 1.38. The van der Waals surface area contributed by atoms with Gasteiger partial charge in [-0.2, -0.15) is 5.26 Å². The van der Waals surface area contributed by atoms with Gasteiger partial charge in [-0.25, -0.2) is 4.79 Å². The second-order valence-electron chi connectivity index (χ2n) is 8.42. The van der Waals surface area contributed by atoms with Crippen molar-refractivity contribution in [3.8, 4) is 6.07 Å². The average molecular weight is 366 g/mol. The predicted molar refractivity (Wildman–Crippen MR) is 96.2 cm³/mol. The van der Waals surface area contributed by atoms with E-state index in [1.54, 1.807) is 4.90 Å². The Hall–Kier alpha value is -1.85. The molecule has 0 bridgehead atoms. The van der Waals surface area contributed by atoms with Crippen LogP contribution in [0.2, 0.25) is 0 Å². The van der Waals surface area contributed by atoms with E-state index in [1.165, 1.54) is 0 Å². The lowest BCUT2D eigenvalue weighted by Crippen LogP contribution is -2.88. The molecule has 2 aliphatic heterocycles. The summed E-state index contributed by atoms with van der Waals surface area (Å²) >= 11 is 0. The van der Waals surface area contributed by atoms with Crippen LogP contribution in [0, 0.1) is 16.7 Å². The van der Waals surface area contributed by atoms with E-state index in [4.69, 9.17) is 4.74 Å². The van der Waals surface area contributed by atoms with Gasteiger partial charge in [-0.1, -0.05) is 20.8 Å². The summed E-state index contributed by atoms with van der Waals surface area (Å²) in [5.41, 5.74) is -0.966. The molecule has 0 aromatic carbocycles. The molecule has 4 N–H and O–H groups in total. The summed E-state index contributed by atoms with van der Waals surface area (Å²) < 4.78 is 5.27. The number of ether oxygens (including phenoxy) is 1. The molecule has 2 rings (SSSR count). The molecule has 2 fully saturated rings. The fraction of sp³-hybridized carbons (Fsp3) is 0.833. The number of quaternary nitrogens is 1. The first-order chi connectivity index (χ1) is 12.2. The van der Waals surface area contributed by atoms with Gasteiger partial charge >= 0.3 is 6.03 Å². The minimum Gasteiger partial charge on any atom is -0.378 e. The molecule has 1 atom stereocenters. The number of morpholine rings is 1. The summed E-state index contributed by atoms with van der Waals surface area (Å²) in [7, 11) is 0. The topological polar surface area (TPSA) is 111 Å². The number of carbonyl (C=O) groups is 2. The molecule has 0 aromatic heterocycles. The first-order valence-corrected chi connectivity index (χ1v) is 9.43. The highest BCUT2D eigenvalue weighted by molar-refractivity contribution is 5.87. The standard InChI is InChI=1S/C18H31N5O3/c1-17(2,3)12-14(21-16(25)23-8-10-26-11-9-23)15(24)22-18(13-19)4-6-20-7-5-18/h14,20H,4-12H2,1-3H3,(H,21,25)(H,22,24)/p+1/t14-/m0/s1. The Kier molecular flexibility index (Phi) is 6.84. The van der Waals surface area contributed by atoms with Gasteiger partial charge in [0.15, 0.2) is 0 Å². The predicted octanol–water partition coefficient (Wildman–Crippen LogP) is -0.431. The maximum atomic E-state index is 12.9. The second kappa shape index (κ2) is 8.69. The van der Waals surface area contributed by atoms with Crippen molar-refractivity contribution in [3.05, 3.63) is 0 Å². The maximum Gasteiger partial charge on any atom is 0.318 e. The Labute approximate surface area is 155 Å². The van der Waals surface area contributed by atoms with Gasteiger partial charge in [0.25, 0.3) is 0 Å². The van der Waals surface area contributed by atoms with Crippen molar-refractivity contribution in [2.45, 2.75) is 51.6 Å². The number of piperidine rings is 1. The first-order valence-electron chi connectivity index (χ1n) is 9.43. The van der Waals surface area contributed by atoms with Crippen LogP contribution in [-0.2, 0) is 9.53 Å². The lowest BCUT2D eigenvalue weighted by molar-refractivity contribution is -0.664. The summed E-state index contributed by atoms with van der Waals surface area (Å²) in [4.78, 5) is 27.2. The van der Waals surface area contributed by atoms with E-state index in [2.05, 4.69) is 22.0 Å². The van der Waals surface area contributed by atoms with Crippen LogP contribution in [-0.4, -0.2) is 67.8 Å². The van der Waals surface area contributed by atoms with Gasteiger partial charge in [0.2, 0.25) is 5.91 Å². The molecule has 0 radical (unpaired) electrons. The normalized spacial score (nSPS) is 21.4. The van der Waals surface area contributed by atoms with E-state index in [0.29, 0.717) is 45.6 Å². The van der Waals surface area contributed by atoms with Crippen molar-refractivity contribution < 1.29 is 19.6 Å². The van der Waals surface area contributed by atoms with Gasteiger partial charge in [0.1, 0.15) is 11.6 Å². The molecule has 2 aliphatic rings. The smallest absolute Gasteiger partial charge is 0.318 e. The Morgan fingerprint density at radius 3 is 2.42 bits per heavy atom. The summed E-state index contributed by atoms with van der Waals surface area (Å²) in [5, 5.41) is 17.6. The SMILES string of the molecule is CC(C)(C)C[C@H](NC(=O)N1CCOCC1)C(=O)NC1(C#N)CC[NH2+]CC1. The van der Waals surface area contributed by atoms with Crippen molar-refractivity contribution in [2.75, 3.05) is 39.4 Å². The average Bonchev–Trinajstić information content (AvgIpc) is 2.61. The molecule has 0 aromatic rings. The Bertz CT molecular complexity index is 540. The maximum absolute atomic E-state index is 12.9. The third-order valence-corrected chi connectivity index (χ3v) is 4.86. The fourth-order valence-electron chi connectivity index (χ4n) is 3.38.